The molecule has 0 saturated heterocycles. The molecule has 0 unspecified atom stereocenters. The maximum absolute atomic E-state index is 13.0. The number of aromatic nitrogens is 3. The fourth-order valence-electron chi connectivity index (χ4n) is 3.32. The van der Waals surface area contributed by atoms with Gasteiger partial charge in [0.05, 0.1) is 10.7 Å². The first kappa shape index (κ1) is 20.5. The fourth-order valence-corrected chi connectivity index (χ4v) is 3.75. The van der Waals surface area contributed by atoms with Crippen molar-refractivity contribution < 1.29 is 14.1 Å². The first-order valence-electron chi connectivity index (χ1n) is 9.88. The van der Waals surface area contributed by atoms with Gasteiger partial charge in [0, 0.05) is 6.92 Å². The highest BCUT2D eigenvalue weighted by Crippen LogP contribution is 2.40. The number of ether oxygens (including phenoxy) is 1. The van der Waals surface area contributed by atoms with Crippen molar-refractivity contribution in [3.63, 3.8) is 0 Å². The number of carbonyl (C=O) groups is 1. The molecule has 1 N–H and O–H groups in total. The van der Waals surface area contributed by atoms with Crippen molar-refractivity contribution in [2.24, 2.45) is 5.92 Å². The van der Waals surface area contributed by atoms with Crippen LogP contribution in [0.15, 0.2) is 51.6 Å². The van der Waals surface area contributed by atoms with E-state index in [0.29, 0.717) is 34.5 Å². The Morgan fingerprint density at radius 1 is 1.33 bits per heavy atom. The van der Waals surface area contributed by atoms with E-state index in [2.05, 4.69) is 36.4 Å². The van der Waals surface area contributed by atoms with Crippen molar-refractivity contribution >= 4 is 21.8 Å². The SMILES string of the molecule is Cc1nc([C@](C)(CC2CC2)NC(=O)c2cc(Br)c(OCc3ccccc3)cn2)no1. The molecule has 0 bridgehead atoms. The predicted molar refractivity (Wildman–Crippen MR) is 114 cm³/mol. The molecule has 1 atom stereocenters. The Hall–Kier alpha value is -2.74. The monoisotopic (exact) mass is 470 g/mol. The van der Waals surface area contributed by atoms with Crippen LogP contribution in [-0.2, 0) is 12.1 Å². The minimum Gasteiger partial charge on any atom is -0.486 e. The average Bonchev–Trinajstić information content (AvgIpc) is 3.43. The van der Waals surface area contributed by atoms with Gasteiger partial charge in [-0.2, -0.15) is 4.98 Å². The van der Waals surface area contributed by atoms with E-state index in [1.165, 1.54) is 0 Å². The zero-order valence-electron chi connectivity index (χ0n) is 16.9. The molecule has 0 radical (unpaired) electrons. The van der Waals surface area contributed by atoms with Gasteiger partial charge in [-0.3, -0.25) is 4.79 Å². The molecule has 30 heavy (non-hydrogen) atoms. The Kier molecular flexibility index (Phi) is 5.85. The van der Waals surface area contributed by atoms with Gasteiger partial charge in [0.2, 0.25) is 5.89 Å². The van der Waals surface area contributed by atoms with Crippen LogP contribution in [0.2, 0.25) is 0 Å². The summed E-state index contributed by atoms with van der Waals surface area (Å²) >= 11 is 3.48. The third-order valence-corrected chi connectivity index (χ3v) is 5.71. The number of aryl methyl sites for hydroxylation is 1. The minimum atomic E-state index is -0.716. The molecule has 2 heterocycles. The zero-order chi connectivity index (χ0) is 21.1. The summed E-state index contributed by atoms with van der Waals surface area (Å²) < 4.78 is 11.6. The zero-order valence-corrected chi connectivity index (χ0v) is 18.5. The first-order chi connectivity index (χ1) is 14.4. The molecule has 7 nitrogen and oxygen atoms in total. The number of hydrogen-bond donors (Lipinski definition) is 1. The van der Waals surface area contributed by atoms with Gasteiger partial charge in [0.1, 0.15) is 17.8 Å². The Morgan fingerprint density at radius 2 is 2.10 bits per heavy atom. The van der Waals surface area contributed by atoms with Crippen molar-refractivity contribution in [2.45, 2.75) is 45.3 Å². The number of rotatable bonds is 8. The number of halogens is 1. The number of amides is 1. The van der Waals surface area contributed by atoms with Gasteiger partial charge in [0.25, 0.3) is 5.91 Å². The quantitative estimate of drug-likeness (QED) is 0.518. The van der Waals surface area contributed by atoms with Gasteiger partial charge in [0.15, 0.2) is 11.6 Å². The normalized spacial score (nSPS) is 15.4. The van der Waals surface area contributed by atoms with Crippen molar-refractivity contribution in [3.8, 4) is 5.75 Å². The molecule has 1 aliphatic carbocycles. The van der Waals surface area contributed by atoms with E-state index in [4.69, 9.17) is 9.26 Å². The predicted octanol–water partition coefficient (Wildman–Crippen LogP) is 4.56. The van der Waals surface area contributed by atoms with Crippen LogP contribution in [0.4, 0.5) is 0 Å². The molecule has 3 aromatic rings. The van der Waals surface area contributed by atoms with E-state index in [-0.39, 0.29) is 11.6 Å². The maximum Gasteiger partial charge on any atom is 0.270 e. The van der Waals surface area contributed by atoms with Crippen molar-refractivity contribution in [3.05, 3.63) is 70.0 Å². The minimum absolute atomic E-state index is 0.288. The fraction of sp³-hybridized carbons (Fsp3) is 0.364. The van der Waals surface area contributed by atoms with Gasteiger partial charge in [-0.15, -0.1) is 0 Å². The summed E-state index contributed by atoms with van der Waals surface area (Å²) in [5.41, 5.74) is 0.626. The molecule has 0 spiro atoms. The molecule has 1 amide bonds. The average molecular weight is 471 g/mol. The molecule has 1 aliphatic rings. The molecular weight excluding hydrogens is 448 g/mol. The van der Waals surface area contributed by atoms with Crippen LogP contribution in [0, 0.1) is 12.8 Å². The van der Waals surface area contributed by atoms with E-state index in [0.717, 1.165) is 24.8 Å². The van der Waals surface area contributed by atoms with Crippen LogP contribution in [0.5, 0.6) is 5.75 Å². The van der Waals surface area contributed by atoms with Gasteiger partial charge < -0.3 is 14.6 Å². The second-order valence-electron chi connectivity index (χ2n) is 7.84. The Labute approximate surface area is 183 Å². The summed E-state index contributed by atoms with van der Waals surface area (Å²) in [6, 6.07) is 11.5. The number of nitrogens with one attached hydrogen (secondary N) is 1. The summed E-state index contributed by atoms with van der Waals surface area (Å²) in [6.07, 6.45) is 4.62. The van der Waals surface area contributed by atoms with Crippen LogP contribution < -0.4 is 10.1 Å². The number of benzene rings is 1. The molecule has 1 fully saturated rings. The van der Waals surface area contributed by atoms with E-state index in [1.54, 1.807) is 19.2 Å². The summed E-state index contributed by atoms with van der Waals surface area (Å²) in [5.74, 6) is 1.80. The smallest absolute Gasteiger partial charge is 0.270 e. The molecular formula is C22H23BrN4O3. The third-order valence-electron chi connectivity index (χ3n) is 5.09. The number of pyridine rings is 1. The summed E-state index contributed by atoms with van der Waals surface area (Å²) in [6.45, 7) is 4.09. The Balaban J connectivity index is 1.47. The van der Waals surface area contributed by atoms with Gasteiger partial charge in [-0.1, -0.05) is 48.3 Å². The molecule has 1 saturated carbocycles. The van der Waals surface area contributed by atoms with Crippen LogP contribution >= 0.6 is 15.9 Å². The topological polar surface area (TPSA) is 90.1 Å². The summed E-state index contributed by atoms with van der Waals surface area (Å²) in [7, 11) is 0. The number of nitrogens with zero attached hydrogens (tertiary/aromatic N) is 3. The van der Waals surface area contributed by atoms with Crippen molar-refractivity contribution in [2.75, 3.05) is 0 Å². The van der Waals surface area contributed by atoms with Crippen LogP contribution in [-0.4, -0.2) is 21.0 Å². The van der Waals surface area contributed by atoms with Crippen molar-refractivity contribution in [1.82, 2.24) is 20.4 Å². The largest absolute Gasteiger partial charge is 0.486 e. The molecule has 0 aliphatic heterocycles. The lowest BCUT2D eigenvalue weighted by molar-refractivity contribution is 0.0885. The lowest BCUT2D eigenvalue weighted by Crippen LogP contribution is -2.45. The lowest BCUT2D eigenvalue weighted by atomic mass is 9.93. The standard InChI is InChI=1S/C22H23BrN4O3/c1-14-25-21(27-30-14)22(2,11-15-8-9-15)26-20(28)18-10-17(23)19(12-24-18)29-13-16-6-4-3-5-7-16/h3-7,10,12,15H,8-9,11,13H2,1-2H3,(H,26,28)/t22-/m0/s1. The molecule has 4 rings (SSSR count). The summed E-state index contributed by atoms with van der Waals surface area (Å²) in [5, 5.41) is 7.12. The van der Waals surface area contributed by atoms with E-state index in [1.807, 2.05) is 37.3 Å². The highest BCUT2D eigenvalue weighted by molar-refractivity contribution is 9.10. The van der Waals surface area contributed by atoms with Crippen LogP contribution in [0.3, 0.4) is 0 Å². The highest BCUT2D eigenvalue weighted by Gasteiger charge is 2.39. The molecule has 156 valence electrons. The second kappa shape index (κ2) is 8.55. The van der Waals surface area contributed by atoms with E-state index in [9.17, 15) is 4.79 Å². The van der Waals surface area contributed by atoms with Gasteiger partial charge >= 0.3 is 0 Å². The van der Waals surface area contributed by atoms with Gasteiger partial charge in [-0.25, -0.2) is 4.98 Å². The second-order valence-corrected chi connectivity index (χ2v) is 8.70. The van der Waals surface area contributed by atoms with Crippen molar-refractivity contribution in [1.29, 1.82) is 0 Å². The van der Waals surface area contributed by atoms with Gasteiger partial charge in [-0.05, 0) is 46.8 Å². The third kappa shape index (κ3) is 4.87. The number of carbonyl (C=O) groups excluding carboxylic acids is 1. The molecule has 2 aromatic heterocycles. The lowest BCUT2D eigenvalue weighted by Gasteiger charge is -2.27. The summed E-state index contributed by atoms with van der Waals surface area (Å²) in [4.78, 5) is 21.6. The Morgan fingerprint density at radius 3 is 2.73 bits per heavy atom. The first-order valence-corrected chi connectivity index (χ1v) is 10.7. The van der Waals surface area contributed by atoms with Crippen LogP contribution in [0.25, 0.3) is 0 Å². The van der Waals surface area contributed by atoms with Crippen LogP contribution in [0.1, 0.15) is 54.0 Å². The van der Waals surface area contributed by atoms with E-state index < -0.39 is 5.54 Å². The van der Waals surface area contributed by atoms with E-state index >= 15 is 0 Å². The Bertz CT molecular complexity index is 1040. The highest BCUT2D eigenvalue weighted by atomic mass is 79.9. The maximum atomic E-state index is 13.0. The number of hydrogen-bond acceptors (Lipinski definition) is 6. The molecule has 1 aromatic carbocycles. The molecule has 8 heteroatoms.